The maximum atomic E-state index is 6.05. The normalized spacial score (nSPS) is 12.2. The molecule has 0 saturated heterocycles. The summed E-state index contributed by atoms with van der Waals surface area (Å²) in [6.45, 7) is 0. The molecule has 0 saturated carbocycles. The number of fused-ring (bicyclic) bond motifs is 2. The molecule has 0 radical (unpaired) electrons. The van der Waals surface area contributed by atoms with Crippen LogP contribution in [0.5, 0.6) is 23.0 Å². The summed E-state index contributed by atoms with van der Waals surface area (Å²) >= 11 is 17.8. The fraction of sp³-hybridized carbons (Fsp3) is 0. The van der Waals surface area contributed by atoms with Crippen molar-refractivity contribution < 1.29 is 9.47 Å². The number of benzene rings is 2. The average Bonchev–Trinajstić information content (AvgIpc) is 2.32. The van der Waals surface area contributed by atoms with Gasteiger partial charge in [-0.1, -0.05) is 34.8 Å². The second-order valence-corrected chi connectivity index (χ2v) is 4.71. The molecular weight excluding hydrogens is 282 g/mol. The van der Waals surface area contributed by atoms with Gasteiger partial charge in [-0.3, -0.25) is 0 Å². The number of rotatable bonds is 0. The number of ether oxygens (including phenoxy) is 2. The summed E-state index contributed by atoms with van der Waals surface area (Å²) < 4.78 is 11.3. The monoisotopic (exact) mass is 286 g/mol. The van der Waals surface area contributed by atoms with Gasteiger partial charge in [0.2, 0.25) is 0 Å². The molecule has 0 bridgehead atoms. The van der Waals surface area contributed by atoms with E-state index in [1.807, 2.05) is 0 Å². The summed E-state index contributed by atoms with van der Waals surface area (Å²) in [6, 6.07) is 8.50. The van der Waals surface area contributed by atoms with E-state index >= 15 is 0 Å². The zero-order chi connectivity index (χ0) is 12.0. The van der Waals surface area contributed by atoms with Crippen molar-refractivity contribution >= 4 is 34.8 Å². The lowest BCUT2D eigenvalue weighted by Gasteiger charge is -2.21. The summed E-state index contributed by atoms with van der Waals surface area (Å²) in [6.07, 6.45) is 0. The molecule has 0 aliphatic carbocycles. The summed E-state index contributed by atoms with van der Waals surface area (Å²) in [5.41, 5.74) is 0. The fourth-order valence-electron chi connectivity index (χ4n) is 1.56. The van der Waals surface area contributed by atoms with Crippen LogP contribution in [0.2, 0.25) is 15.1 Å². The lowest BCUT2D eigenvalue weighted by molar-refractivity contribution is 0.360. The van der Waals surface area contributed by atoms with Crippen LogP contribution in [0.25, 0.3) is 0 Å². The molecule has 2 aromatic carbocycles. The highest BCUT2D eigenvalue weighted by atomic mass is 35.5. The highest BCUT2D eigenvalue weighted by Crippen LogP contribution is 2.50. The van der Waals surface area contributed by atoms with Gasteiger partial charge >= 0.3 is 0 Å². The second kappa shape index (κ2) is 3.98. The molecule has 0 amide bonds. The Kier molecular flexibility index (Phi) is 2.58. The van der Waals surface area contributed by atoms with Crippen molar-refractivity contribution in [3.05, 3.63) is 45.4 Å². The van der Waals surface area contributed by atoms with Crippen LogP contribution >= 0.6 is 34.8 Å². The van der Waals surface area contributed by atoms with Crippen LogP contribution in [0.15, 0.2) is 30.3 Å². The molecular formula is C12H5Cl3O2. The summed E-state index contributed by atoms with van der Waals surface area (Å²) in [7, 11) is 0. The first-order valence-corrected chi connectivity index (χ1v) is 5.92. The lowest BCUT2D eigenvalue weighted by Crippen LogP contribution is -1.99. The van der Waals surface area contributed by atoms with Crippen molar-refractivity contribution in [2.45, 2.75) is 0 Å². The molecule has 0 spiro atoms. The Morgan fingerprint density at radius 3 is 2.35 bits per heavy atom. The van der Waals surface area contributed by atoms with Crippen molar-refractivity contribution in [3.8, 4) is 23.0 Å². The average molecular weight is 288 g/mol. The largest absolute Gasteiger partial charge is 0.449 e. The van der Waals surface area contributed by atoms with Gasteiger partial charge in [0.15, 0.2) is 23.0 Å². The van der Waals surface area contributed by atoms with Gasteiger partial charge in [0.25, 0.3) is 0 Å². The minimum absolute atomic E-state index is 0.329. The van der Waals surface area contributed by atoms with Gasteiger partial charge < -0.3 is 9.47 Å². The first-order valence-electron chi connectivity index (χ1n) is 4.78. The van der Waals surface area contributed by atoms with Crippen LogP contribution in [0, 0.1) is 0 Å². The van der Waals surface area contributed by atoms with E-state index in [4.69, 9.17) is 44.3 Å². The molecule has 86 valence electrons. The van der Waals surface area contributed by atoms with E-state index in [2.05, 4.69) is 0 Å². The van der Waals surface area contributed by atoms with E-state index in [9.17, 15) is 0 Å². The first-order chi connectivity index (χ1) is 8.15. The van der Waals surface area contributed by atoms with Crippen LogP contribution < -0.4 is 9.47 Å². The maximum absolute atomic E-state index is 6.05. The summed E-state index contributed by atoms with van der Waals surface area (Å²) in [5, 5.41) is 1.31. The van der Waals surface area contributed by atoms with Crippen LogP contribution in [0.3, 0.4) is 0 Å². The molecule has 0 unspecified atom stereocenters. The van der Waals surface area contributed by atoms with Crippen molar-refractivity contribution in [1.82, 2.24) is 0 Å². The van der Waals surface area contributed by atoms with Gasteiger partial charge in [-0.05, 0) is 24.3 Å². The Balaban J connectivity index is 2.14. The second-order valence-electron chi connectivity index (χ2n) is 3.48. The quantitative estimate of drug-likeness (QED) is 0.540. The molecule has 0 fully saturated rings. The Bertz CT molecular complexity index is 611. The van der Waals surface area contributed by atoms with E-state index in [1.54, 1.807) is 30.3 Å². The SMILES string of the molecule is Clc1ccc2c(c1)Oc1c(ccc(Cl)c1Cl)O2. The number of hydrogen-bond donors (Lipinski definition) is 0. The number of hydrogen-bond acceptors (Lipinski definition) is 2. The van der Waals surface area contributed by atoms with Crippen LogP contribution in [-0.2, 0) is 0 Å². The molecule has 1 heterocycles. The van der Waals surface area contributed by atoms with Gasteiger partial charge in [0.05, 0.1) is 5.02 Å². The van der Waals surface area contributed by atoms with E-state index in [0.717, 1.165) is 0 Å². The fourth-order valence-corrected chi connectivity index (χ4v) is 2.07. The standard InChI is InChI=1S/C12H5Cl3O2/c13-6-1-3-8-10(5-6)17-12-9(16-8)4-2-7(14)11(12)15/h1-5H. The topological polar surface area (TPSA) is 18.5 Å². The van der Waals surface area contributed by atoms with Crippen LogP contribution in [-0.4, -0.2) is 0 Å². The Labute approximate surface area is 113 Å². The Hall–Kier alpha value is -1.09. The number of halogens is 3. The van der Waals surface area contributed by atoms with Gasteiger partial charge in [-0.2, -0.15) is 0 Å². The third-order valence-electron chi connectivity index (χ3n) is 2.35. The molecule has 5 heteroatoms. The molecule has 0 N–H and O–H groups in total. The molecule has 0 atom stereocenters. The highest BCUT2D eigenvalue weighted by molar-refractivity contribution is 6.43. The molecule has 3 rings (SSSR count). The zero-order valence-corrected chi connectivity index (χ0v) is 10.6. The van der Waals surface area contributed by atoms with Gasteiger partial charge in [-0.25, -0.2) is 0 Å². The molecule has 17 heavy (non-hydrogen) atoms. The maximum Gasteiger partial charge on any atom is 0.190 e. The molecule has 0 aromatic heterocycles. The molecule has 2 nitrogen and oxygen atoms in total. The van der Waals surface area contributed by atoms with Crippen molar-refractivity contribution in [2.75, 3.05) is 0 Å². The predicted molar refractivity (Wildman–Crippen MR) is 68.1 cm³/mol. The smallest absolute Gasteiger partial charge is 0.190 e. The molecule has 2 aromatic rings. The third-order valence-corrected chi connectivity index (χ3v) is 3.37. The van der Waals surface area contributed by atoms with Gasteiger partial charge in [0, 0.05) is 11.1 Å². The van der Waals surface area contributed by atoms with E-state index in [-0.39, 0.29) is 0 Å². The molecule has 1 aliphatic heterocycles. The predicted octanol–water partition coefficient (Wildman–Crippen LogP) is 5.54. The Morgan fingerprint density at radius 1 is 0.765 bits per heavy atom. The summed E-state index contributed by atoms with van der Waals surface area (Å²) in [4.78, 5) is 0. The lowest BCUT2D eigenvalue weighted by atomic mass is 10.2. The molecule has 1 aliphatic rings. The Morgan fingerprint density at radius 2 is 1.53 bits per heavy atom. The van der Waals surface area contributed by atoms with Crippen LogP contribution in [0.1, 0.15) is 0 Å². The summed E-state index contributed by atoms with van der Waals surface area (Å²) in [5.74, 6) is 2.07. The first kappa shape index (κ1) is 11.0. The van der Waals surface area contributed by atoms with E-state index in [0.29, 0.717) is 38.1 Å². The third kappa shape index (κ3) is 1.82. The van der Waals surface area contributed by atoms with E-state index in [1.165, 1.54) is 0 Å². The highest BCUT2D eigenvalue weighted by Gasteiger charge is 2.22. The van der Waals surface area contributed by atoms with Crippen molar-refractivity contribution in [1.29, 1.82) is 0 Å². The van der Waals surface area contributed by atoms with Crippen molar-refractivity contribution in [3.63, 3.8) is 0 Å². The van der Waals surface area contributed by atoms with Crippen molar-refractivity contribution in [2.24, 2.45) is 0 Å². The zero-order valence-electron chi connectivity index (χ0n) is 8.34. The van der Waals surface area contributed by atoms with E-state index < -0.39 is 0 Å². The van der Waals surface area contributed by atoms with Gasteiger partial charge in [-0.15, -0.1) is 0 Å². The minimum atomic E-state index is 0.329. The van der Waals surface area contributed by atoms with Crippen LogP contribution in [0.4, 0.5) is 0 Å². The minimum Gasteiger partial charge on any atom is -0.449 e. The van der Waals surface area contributed by atoms with Gasteiger partial charge in [0.1, 0.15) is 5.02 Å².